The molecular weight excluding hydrogens is 304 g/mol. The quantitative estimate of drug-likeness (QED) is 0.826. The molecule has 0 unspecified atom stereocenters. The number of hydrogen-bond acceptors (Lipinski definition) is 7. The van der Waals surface area contributed by atoms with E-state index in [1.54, 1.807) is 24.5 Å². The van der Waals surface area contributed by atoms with Crippen LogP contribution in [0.5, 0.6) is 0 Å². The molecule has 1 saturated heterocycles. The van der Waals surface area contributed by atoms with E-state index in [1.165, 1.54) is 6.20 Å². The molecule has 1 aliphatic heterocycles. The van der Waals surface area contributed by atoms with Crippen LogP contribution in [0.15, 0.2) is 31.2 Å². The van der Waals surface area contributed by atoms with E-state index >= 15 is 0 Å². The smallest absolute Gasteiger partial charge is 0.216 e. The first kappa shape index (κ1) is 16.1. The summed E-state index contributed by atoms with van der Waals surface area (Å²) in [4.78, 5) is 27.6. The van der Waals surface area contributed by atoms with Crippen LogP contribution >= 0.6 is 0 Å². The minimum absolute atomic E-state index is 0. The number of nitrogens with zero attached hydrogens (tertiary/aromatic N) is 4. The van der Waals surface area contributed by atoms with Gasteiger partial charge in [-0.05, 0) is 24.6 Å². The molecule has 3 rings (SSSR count). The summed E-state index contributed by atoms with van der Waals surface area (Å²) in [6.07, 6.45) is 7.37. The molecule has 0 atom stereocenters. The zero-order chi connectivity index (χ0) is 16.9. The summed E-state index contributed by atoms with van der Waals surface area (Å²) in [5.41, 5.74) is 7.16. The van der Waals surface area contributed by atoms with Gasteiger partial charge in [-0.2, -0.15) is 0 Å². The van der Waals surface area contributed by atoms with E-state index in [0.717, 1.165) is 38.2 Å². The van der Waals surface area contributed by atoms with Crippen molar-refractivity contribution in [1.29, 1.82) is 0 Å². The van der Waals surface area contributed by atoms with Crippen LogP contribution in [0, 0.1) is 0 Å². The third-order valence-corrected chi connectivity index (χ3v) is 3.94. The van der Waals surface area contributed by atoms with Gasteiger partial charge in [-0.25, -0.2) is 9.97 Å². The second kappa shape index (κ2) is 7.18. The van der Waals surface area contributed by atoms with Gasteiger partial charge in [-0.15, -0.1) is 0 Å². The number of pyridine rings is 1. The zero-order valence-corrected chi connectivity index (χ0v) is 13.4. The largest absolute Gasteiger partial charge is 0.383 e. The maximum atomic E-state index is 12.8. The lowest BCUT2D eigenvalue weighted by Crippen LogP contribution is -2.29. The average Bonchev–Trinajstić information content (AvgIpc) is 2.91. The van der Waals surface area contributed by atoms with Crippen molar-refractivity contribution in [3.63, 3.8) is 0 Å². The second-order valence-electron chi connectivity index (χ2n) is 5.59. The Morgan fingerprint density at radius 2 is 2.21 bits per heavy atom. The minimum atomic E-state index is -0.286. The van der Waals surface area contributed by atoms with Crippen molar-refractivity contribution in [1.82, 2.24) is 20.3 Å². The normalized spacial score (nSPS) is 14.9. The SMILES string of the molecule is C=Cc1cnc(N)c(C(=O)c2cncc(N3CCCNCC3)n2)c1.[HH].[HH].[HH]. The highest BCUT2D eigenvalue weighted by atomic mass is 16.1. The minimum Gasteiger partial charge on any atom is -0.383 e. The number of carbonyl (C=O) groups is 1. The van der Waals surface area contributed by atoms with E-state index < -0.39 is 0 Å². The summed E-state index contributed by atoms with van der Waals surface area (Å²) in [6.45, 7) is 7.28. The standard InChI is InChI=1S/C17H20N6O.3H2/c1-2-12-8-13(17(18)21-9-12)16(24)14-10-20-11-15(22-14)23-6-3-4-19-5-7-23;;;/h2,8-11,19H,1,3-7H2,(H2,18,21);3*1H. The van der Waals surface area contributed by atoms with Crippen molar-refractivity contribution in [2.45, 2.75) is 6.42 Å². The predicted octanol–water partition coefficient (Wildman–Crippen LogP) is 1.87. The number of aromatic nitrogens is 3. The third kappa shape index (κ3) is 3.41. The zero-order valence-electron chi connectivity index (χ0n) is 13.4. The molecule has 0 aliphatic carbocycles. The van der Waals surface area contributed by atoms with E-state index in [1.807, 2.05) is 0 Å². The maximum Gasteiger partial charge on any atom is 0.216 e. The van der Waals surface area contributed by atoms with Crippen molar-refractivity contribution < 1.29 is 9.07 Å². The Balaban J connectivity index is 0.00000225. The molecule has 0 radical (unpaired) electrons. The van der Waals surface area contributed by atoms with Gasteiger partial charge in [0.1, 0.15) is 17.3 Å². The lowest BCUT2D eigenvalue weighted by atomic mass is 10.1. The molecule has 0 aromatic carbocycles. The fourth-order valence-electron chi connectivity index (χ4n) is 2.62. The number of nitrogens with two attached hydrogens (primary N) is 1. The Bertz CT molecular complexity index is 766. The lowest BCUT2D eigenvalue weighted by Gasteiger charge is -2.20. The fraction of sp³-hybridized carbons (Fsp3) is 0.294. The van der Waals surface area contributed by atoms with Crippen molar-refractivity contribution in [3.8, 4) is 0 Å². The van der Waals surface area contributed by atoms with Gasteiger partial charge >= 0.3 is 0 Å². The Kier molecular flexibility index (Phi) is 4.81. The molecule has 2 aromatic heterocycles. The van der Waals surface area contributed by atoms with Crippen molar-refractivity contribution >= 4 is 23.5 Å². The van der Waals surface area contributed by atoms with Crippen LogP contribution in [-0.4, -0.2) is 46.9 Å². The van der Waals surface area contributed by atoms with Gasteiger partial charge < -0.3 is 16.0 Å². The Hall–Kier alpha value is -2.80. The molecule has 7 heteroatoms. The van der Waals surface area contributed by atoms with Crippen LogP contribution in [-0.2, 0) is 0 Å². The molecule has 0 bridgehead atoms. The number of nitrogen functional groups attached to an aromatic ring is 1. The van der Waals surface area contributed by atoms with Crippen molar-refractivity contribution in [3.05, 3.63) is 48.1 Å². The first-order valence-electron chi connectivity index (χ1n) is 7.89. The van der Waals surface area contributed by atoms with Gasteiger partial charge in [0.25, 0.3) is 0 Å². The monoisotopic (exact) mass is 330 g/mol. The van der Waals surface area contributed by atoms with Crippen LogP contribution in [0.3, 0.4) is 0 Å². The predicted molar refractivity (Wildman–Crippen MR) is 100 cm³/mol. The van der Waals surface area contributed by atoms with E-state index in [0.29, 0.717) is 11.4 Å². The van der Waals surface area contributed by atoms with Crippen LogP contribution in [0.25, 0.3) is 6.08 Å². The van der Waals surface area contributed by atoms with Crippen molar-refractivity contribution in [2.24, 2.45) is 0 Å². The number of rotatable bonds is 4. The highest BCUT2D eigenvalue weighted by Gasteiger charge is 2.18. The van der Waals surface area contributed by atoms with Crippen molar-refractivity contribution in [2.75, 3.05) is 36.8 Å². The molecule has 130 valence electrons. The van der Waals surface area contributed by atoms with Gasteiger partial charge in [0.05, 0.1) is 18.0 Å². The molecule has 7 nitrogen and oxygen atoms in total. The molecule has 0 spiro atoms. The number of carbonyl (C=O) groups excluding carboxylic acids is 1. The molecule has 2 aromatic rings. The Morgan fingerprint density at radius 3 is 3.04 bits per heavy atom. The first-order valence-corrected chi connectivity index (χ1v) is 7.89. The molecule has 24 heavy (non-hydrogen) atoms. The van der Waals surface area contributed by atoms with E-state index in [4.69, 9.17) is 5.73 Å². The molecular formula is C17H26N6O. The molecule has 0 amide bonds. The number of anilines is 2. The average molecular weight is 330 g/mol. The summed E-state index contributed by atoms with van der Waals surface area (Å²) in [5.74, 6) is 0.596. The van der Waals surface area contributed by atoms with Gasteiger partial charge in [0.15, 0.2) is 0 Å². The number of ketones is 1. The fourth-order valence-corrected chi connectivity index (χ4v) is 2.62. The molecule has 3 heterocycles. The number of nitrogens with one attached hydrogen (secondary N) is 1. The van der Waals surface area contributed by atoms with Gasteiger partial charge in [-0.1, -0.05) is 12.7 Å². The summed E-state index contributed by atoms with van der Waals surface area (Å²) in [7, 11) is 0. The van der Waals surface area contributed by atoms with Gasteiger partial charge in [0, 0.05) is 30.1 Å². The molecule has 1 fully saturated rings. The van der Waals surface area contributed by atoms with Gasteiger partial charge in [0.2, 0.25) is 5.78 Å². The van der Waals surface area contributed by atoms with E-state index in [-0.39, 0.29) is 21.6 Å². The van der Waals surface area contributed by atoms with E-state index in [2.05, 4.69) is 31.7 Å². The molecule has 3 N–H and O–H groups in total. The maximum absolute atomic E-state index is 12.8. The van der Waals surface area contributed by atoms with Gasteiger partial charge in [-0.3, -0.25) is 9.78 Å². The van der Waals surface area contributed by atoms with E-state index in [9.17, 15) is 4.79 Å². The van der Waals surface area contributed by atoms with Crippen LogP contribution in [0.1, 0.15) is 32.3 Å². The Morgan fingerprint density at radius 1 is 1.33 bits per heavy atom. The highest BCUT2D eigenvalue weighted by Crippen LogP contribution is 2.18. The second-order valence-corrected chi connectivity index (χ2v) is 5.59. The molecule has 0 saturated carbocycles. The van der Waals surface area contributed by atoms with Crippen LogP contribution in [0.4, 0.5) is 11.6 Å². The Labute approximate surface area is 145 Å². The number of hydrogen-bond donors (Lipinski definition) is 2. The van der Waals surface area contributed by atoms with Crippen LogP contribution in [0.2, 0.25) is 0 Å². The summed E-state index contributed by atoms with van der Waals surface area (Å²) in [5, 5.41) is 3.34. The first-order chi connectivity index (χ1) is 11.7. The summed E-state index contributed by atoms with van der Waals surface area (Å²) >= 11 is 0. The highest BCUT2D eigenvalue weighted by molar-refractivity contribution is 6.10. The lowest BCUT2D eigenvalue weighted by molar-refractivity contribution is 0.103. The topological polar surface area (TPSA) is 97.0 Å². The third-order valence-electron chi connectivity index (χ3n) is 3.94. The summed E-state index contributed by atoms with van der Waals surface area (Å²) < 4.78 is 0. The van der Waals surface area contributed by atoms with Crippen LogP contribution < -0.4 is 16.0 Å². The summed E-state index contributed by atoms with van der Waals surface area (Å²) in [6, 6.07) is 1.67. The molecule has 1 aliphatic rings.